The van der Waals surface area contributed by atoms with Crippen LogP contribution in [0.1, 0.15) is 46.2 Å². The van der Waals surface area contributed by atoms with Crippen LogP contribution in [-0.4, -0.2) is 19.2 Å². The summed E-state index contributed by atoms with van der Waals surface area (Å²) < 4.78 is 29.0. The topological polar surface area (TPSA) is 113 Å². The summed E-state index contributed by atoms with van der Waals surface area (Å²) in [4.78, 5) is 12.6. The molecule has 230 valence electrons. The number of nitriles is 1. The molecular weight excluding hydrogens is 592 g/mol. The van der Waals surface area contributed by atoms with E-state index >= 15 is 0 Å². The number of aryl methyl sites for hydroxylation is 3. The van der Waals surface area contributed by atoms with Crippen LogP contribution < -0.4 is 29.4 Å². The second-order valence-corrected chi connectivity index (χ2v) is 11.0. The average molecular weight is 625 g/mol. The molecule has 0 fully saturated rings. The third-order valence-electron chi connectivity index (χ3n) is 7.30. The Kier molecular flexibility index (Phi) is 9.50. The van der Waals surface area contributed by atoms with Gasteiger partial charge in [-0.15, -0.1) is 0 Å². The predicted octanol–water partition coefficient (Wildman–Crippen LogP) is 7.45. The van der Waals surface area contributed by atoms with Gasteiger partial charge in [-0.25, -0.2) is 4.79 Å². The number of esters is 1. The molecule has 9 heteroatoms. The fraction of sp³-hybridized carbons (Fsp3) is 0.222. The first-order valence-corrected chi connectivity index (χ1v) is 14.8. The number of ether oxygens (including phenoxy) is 5. The fourth-order valence-electron chi connectivity index (χ4n) is 5.07. The standard InChI is InChI=1S/C36H33ClN2O6/c1-5-41-32-16-25(10-13-30(32)43-19-24-8-6-21(2)7-9-24)34-28-12-11-26(17-31(28)45-36(39)29(34)18-38)44-33(40)20-42-27-14-22(3)35(37)23(4)15-27/h6-17,34H,5,19-20,39H2,1-4H3. The van der Waals surface area contributed by atoms with Crippen LogP contribution in [-0.2, 0) is 11.4 Å². The Balaban J connectivity index is 1.36. The number of halogens is 1. The number of nitrogens with zero attached hydrogens (tertiary/aromatic N) is 1. The molecule has 0 radical (unpaired) electrons. The summed E-state index contributed by atoms with van der Waals surface area (Å²) in [6.45, 7) is 8.16. The number of carbonyl (C=O) groups excluding carboxylic acids is 1. The first-order chi connectivity index (χ1) is 21.7. The molecule has 1 atom stereocenters. The van der Waals surface area contributed by atoms with Crippen LogP contribution in [0.15, 0.2) is 84.3 Å². The van der Waals surface area contributed by atoms with Gasteiger partial charge in [0.15, 0.2) is 18.1 Å². The molecule has 4 aromatic carbocycles. The van der Waals surface area contributed by atoms with Crippen molar-refractivity contribution < 1.29 is 28.5 Å². The minimum absolute atomic E-state index is 0.0343. The predicted molar refractivity (Wildman–Crippen MR) is 171 cm³/mol. The number of benzene rings is 4. The molecular formula is C36H33ClN2O6. The zero-order valence-electron chi connectivity index (χ0n) is 25.5. The lowest BCUT2D eigenvalue weighted by atomic mass is 9.83. The van der Waals surface area contributed by atoms with Gasteiger partial charge in [0.25, 0.3) is 0 Å². The van der Waals surface area contributed by atoms with Crippen LogP contribution in [0.3, 0.4) is 0 Å². The van der Waals surface area contributed by atoms with Gasteiger partial charge < -0.3 is 29.4 Å². The zero-order chi connectivity index (χ0) is 32.1. The van der Waals surface area contributed by atoms with E-state index < -0.39 is 11.9 Å². The molecule has 8 nitrogen and oxygen atoms in total. The van der Waals surface area contributed by atoms with Gasteiger partial charge in [0, 0.05) is 16.7 Å². The van der Waals surface area contributed by atoms with E-state index in [1.807, 2.05) is 70.2 Å². The third-order valence-corrected chi connectivity index (χ3v) is 7.90. The minimum Gasteiger partial charge on any atom is -0.490 e. The first-order valence-electron chi connectivity index (χ1n) is 14.4. The zero-order valence-corrected chi connectivity index (χ0v) is 26.2. The molecule has 1 aliphatic rings. The van der Waals surface area contributed by atoms with Crippen LogP contribution in [0.5, 0.6) is 28.7 Å². The SMILES string of the molecule is CCOc1cc(C2C(C#N)=C(N)Oc3cc(OC(=O)COc4cc(C)c(Cl)c(C)c4)ccc32)ccc1OCc1ccc(C)cc1. The van der Waals surface area contributed by atoms with Crippen molar-refractivity contribution in [3.8, 4) is 34.8 Å². The number of allylic oxidation sites excluding steroid dienone is 1. The molecule has 1 unspecified atom stereocenters. The smallest absolute Gasteiger partial charge is 0.349 e. The lowest BCUT2D eigenvalue weighted by Crippen LogP contribution is -2.22. The summed E-state index contributed by atoms with van der Waals surface area (Å²) in [6.07, 6.45) is 0. The second kappa shape index (κ2) is 13.7. The highest BCUT2D eigenvalue weighted by atomic mass is 35.5. The molecule has 2 N–H and O–H groups in total. The summed E-state index contributed by atoms with van der Waals surface area (Å²) in [5.74, 6) is 1.07. The molecule has 1 heterocycles. The van der Waals surface area contributed by atoms with E-state index in [1.54, 1.807) is 30.3 Å². The molecule has 0 spiro atoms. The van der Waals surface area contributed by atoms with Crippen LogP contribution in [0, 0.1) is 32.1 Å². The number of hydrogen-bond acceptors (Lipinski definition) is 8. The van der Waals surface area contributed by atoms with E-state index in [4.69, 9.17) is 41.0 Å². The van der Waals surface area contributed by atoms with E-state index in [1.165, 1.54) is 5.56 Å². The van der Waals surface area contributed by atoms with Crippen LogP contribution >= 0.6 is 11.6 Å². The minimum atomic E-state index is -0.601. The fourth-order valence-corrected chi connectivity index (χ4v) is 5.18. The molecule has 45 heavy (non-hydrogen) atoms. The number of carbonyl (C=O) groups is 1. The summed E-state index contributed by atoms with van der Waals surface area (Å²) >= 11 is 6.22. The van der Waals surface area contributed by atoms with Gasteiger partial charge in [0.05, 0.1) is 12.5 Å². The number of nitrogens with two attached hydrogens (primary N) is 1. The lowest BCUT2D eigenvalue weighted by molar-refractivity contribution is -0.136. The quantitative estimate of drug-likeness (QED) is 0.143. The van der Waals surface area contributed by atoms with E-state index in [0.29, 0.717) is 46.8 Å². The van der Waals surface area contributed by atoms with Crippen molar-refractivity contribution in [2.75, 3.05) is 13.2 Å². The van der Waals surface area contributed by atoms with Crippen LogP contribution in [0.25, 0.3) is 0 Å². The number of rotatable bonds is 10. The van der Waals surface area contributed by atoms with Gasteiger partial charge in [-0.2, -0.15) is 5.26 Å². The van der Waals surface area contributed by atoms with E-state index in [0.717, 1.165) is 22.3 Å². The lowest BCUT2D eigenvalue weighted by Gasteiger charge is -2.27. The monoisotopic (exact) mass is 624 g/mol. The van der Waals surface area contributed by atoms with Crippen molar-refractivity contribution in [3.05, 3.63) is 123 Å². The summed E-state index contributed by atoms with van der Waals surface area (Å²) in [5.41, 5.74) is 11.8. The van der Waals surface area contributed by atoms with E-state index in [9.17, 15) is 10.1 Å². The summed E-state index contributed by atoms with van der Waals surface area (Å²) in [7, 11) is 0. The molecule has 0 aliphatic carbocycles. The van der Waals surface area contributed by atoms with Crippen molar-refractivity contribution in [2.45, 2.75) is 40.2 Å². The maximum absolute atomic E-state index is 12.6. The van der Waals surface area contributed by atoms with Crippen molar-refractivity contribution >= 4 is 17.6 Å². The highest BCUT2D eigenvalue weighted by Gasteiger charge is 2.32. The molecule has 0 amide bonds. The Bertz CT molecular complexity index is 1790. The molecule has 0 saturated heterocycles. The summed E-state index contributed by atoms with van der Waals surface area (Å²) in [6, 6.07) is 24.4. The Hall–Kier alpha value is -5.13. The Morgan fingerprint density at radius 2 is 1.64 bits per heavy atom. The maximum atomic E-state index is 12.6. The Morgan fingerprint density at radius 3 is 2.33 bits per heavy atom. The van der Waals surface area contributed by atoms with Gasteiger partial charge >= 0.3 is 5.97 Å². The number of fused-ring (bicyclic) bond motifs is 1. The van der Waals surface area contributed by atoms with Crippen LogP contribution in [0.4, 0.5) is 0 Å². The molecule has 1 aliphatic heterocycles. The molecule has 5 rings (SSSR count). The normalized spacial score (nSPS) is 13.7. The van der Waals surface area contributed by atoms with Gasteiger partial charge in [-0.3, -0.25) is 0 Å². The highest BCUT2D eigenvalue weighted by Crippen LogP contribution is 2.45. The molecule has 0 saturated carbocycles. The molecule has 4 aromatic rings. The summed E-state index contributed by atoms with van der Waals surface area (Å²) in [5, 5.41) is 10.7. The third kappa shape index (κ3) is 7.17. The Morgan fingerprint density at radius 1 is 0.911 bits per heavy atom. The van der Waals surface area contributed by atoms with Gasteiger partial charge in [0.1, 0.15) is 35.5 Å². The molecule has 0 aromatic heterocycles. The second-order valence-electron chi connectivity index (χ2n) is 10.7. The van der Waals surface area contributed by atoms with Crippen molar-refractivity contribution in [3.63, 3.8) is 0 Å². The van der Waals surface area contributed by atoms with Gasteiger partial charge in [-0.05, 0) is 80.3 Å². The molecule has 0 bridgehead atoms. The van der Waals surface area contributed by atoms with Gasteiger partial charge in [-0.1, -0.05) is 53.6 Å². The largest absolute Gasteiger partial charge is 0.490 e. The van der Waals surface area contributed by atoms with E-state index in [2.05, 4.69) is 6.07 Å². The van der Waals surface area contributed by atoms with Crippen molar-refractivity contribution in [1.29, 1.82) is 5.26 Å². The van der Waals surface area contributed by atoms with E-state index in [-0.39, 0.29) is 23.8 Å². The average Bonchev–Trinajstić information content (AvgIpc) is 3.02. The van der Waals surface area contributed by atoms with Crippen LogP contribution in [0.2, 0.25) is 5.02 Å². The van der Waals surface area contributed by atoms with Gasteiger partial charge in [0.2, 0.25) is 5.88 Å². The first kappa shape index (κ1) is 31.3. The number of hydrogen-bond donors (Lipinski definition) is 1. The highest BCUT2D eigenvalue weighted by molar-refractivity contribution is 6.32. The Labute approximate surface area is 267 Å². The maximum Gasteiger partial charge on any atom is 0.349 e. The van der Waals surface area contributed by atoms with Crippen molar-refractivity contribution in [2.24, 2.45) is 5.73 Å². The van der Waals surface area contributed by atoms with Crippen molar-refractivity contribution in [1.82, 2.24) is 0 Å².